The minimum absolute atomic E-state index is 0.119. The van der Waals surface area contributed by atoms with Crippen LogP contribution in [0.3, 0.4) is 0 Å². The molecule has 3 rings (SSSR count). The fourth-order valence-electron chi connectivity index (χ4n) is 3.07. The molecule has 1 aliphatic heterocycles. The molecular weight excluding hydrogens is 279 g/mol. The van der Waals surface area contributed by atoms with Crippen molar-refractivity contribution >= 4 is 0 Å². The van der Waals surface area contributed by atoms with Gasteiger partial charge in [-0.05, 0) is 39.2 Å². The second-order valence-electron chi connectivity index (χ2n) is 6.27. The highest BCUT2D eigenvalue weighted by Gasteiger charge is 2.25. The Hall–Kier alpha value is -1.72. The van der Waals surface area contributed by atoms with Crippen molar-refractivity contribution in [2.24, 2.45) is 0 Å². The van der Waals surface area contributed by atoms with Crippen LogP contribution in [0.15, 0.2) is 36.5 Å². The molecule has 0 saturated carbocycles. The number of hydrogen-bond acceptors (Lipinski definition) is 3. The molecular formula is C17H23FN4. The van der Waals surface area contributed by atoms with E-state index in [4.69, 9.17) is 0 Å². The van der Waals surface area contributed by atoms with Crippen molar-refractivity contribution in [3.05, 3.63) is 53.6 Å². The third-order valence-corrected chi connectivity index (χ3v) is 4.21. The summed E-state index contributed by atoms with van der Waals surface area (Å²) in [6, 6.07) is 9.47. The Kier molecular flexibility index (Phi) is 4.55. The number of halogens is 1. The van der Waals surface area contributed by atoms with Crippen LogP contribution in [-0.2, 0) is 13.1 Å². The molecule has 2 heterocycles. The van der Waals surface area contributed by atoms with Crippen LogP contribution in [0.1, 0.15) is 23.7 Å². The first-order valence-electron chi connectivity index (χ1n) is 7.76. The van der Waals surface area contributed by atoms with Gasteiger partial charge in [0, 0.05) is 31.4 Å². The van der Waals surface area contributed by atoms with Crippen LogP contribution in [-0.4, -0.2) is 46.8 Å². The molecule has 4 nitrogen and oxygen atoms in total. The summed E-state index contributed by atoms with van der Waals surface area (Å²) in [5.74, 6) is -0.119. The zero-order valence-electron chi connectivity index (χ0n) is 13.2. The van der Waals surface area contributed by atoms with E-state index in [0.717, 1.165) is 31.6 Å². The minimum Gasteiger partial charge on any atom is -0.309 e. The van der Waals surface area contributed by atoms with Crippen LogP contribution in [0.2, 0.25) is 0 Å². The van der Waals surface area contributed by atoms with Gasteiger partial charge in [-0.3, -0.25) is 9.58 Å². The van der Waals surface area contributed by atoms with Crippen LogP contribution in [0.5, 0.6) is 0 Å². The molecule has 1 aliphatic rings. The van der Waals surface area contributed by atoms with Crippen molar-refractivity contribution in [1.82, 2.24) is 19.6 Å². The largest absolute Gasteiger partial charge is 0.309 e. The van der Waals surface area contributed by atoms with Gasteiger partial charge in [0.15, 0.2) is 0 Å². The lowest BCUT2D eigenvalue weighted by atomic mass is 10.1. The highest BCUT2D eigenvalue weighted by atomic mass is 19.1. The zero-order chi connectivity index (χ0) is 15.5. The summed E-state index contributed by atoms with van der Waals surface area (Å²) in [6.07, 6.45) is 2.92. The first-order chi connectivity index (χ1) is 10.6. The summed E-state index contributed by atoms with van der Waals surface area (Å²) in [4.78, 5) is 4.51. The summed E-state index contributed by atoms with van der Waals surface area (Å²) in [6.45, 7) is 3.41. The Morgan fingerprint density at radius 3 is 2.86 bits per heavy atom. The van der Waals surface area contributed by atoms with Gasteiger partial charge in [-0.1, -0.05) is 18.2 Å². The van der Waals surface area contributed by atoms with Crippen molar-refractivity contribution < 1.29 is 4.39 Å². The molecule has 0 bridgehead atoms. The van der Waals surface area contributed by atoms with Gasteiger partial charge in [-0.2, -0.15) is 5.10 Å². The van der Waals surface area contributed by atoms with Crippen LogP contribution in [0.4, 0.5) is 4.39 Å². The molecule has 0 radical (unpaired) electrons. The highest BCUT2D eigenvalue weighted by Crippen LogP contribution is 2.24. The minimum atomic E-state index is -0.119. The number of hydrogen-bond donors (Lipinski definition) is 0. The molecule has 118 valence electrons. The van der Waals surface area contributed by atoms with E-state index in [1.807, 2.05) is 18.3 Å². The Labute approximate surface area is 131 Å². The van der Waals surface area contributed by atoms with Gasteiger partial charge in [0.1, 0.15) is 5.82 Å². The first-order valence-corrected chi connectivity index (χ1v) is 7.76. The molecule has 1 aromatic carbocycles. The summed E-state index contributed by atoms with van der Waals surface area (Å²) in [7, 11) is 4.17. The second-order valence-corrected chi connectivity index (χ2v) is 6.27. The standard InChI is InChI=1S/C17H23FN4/c1-20(2)10-8-16-13-21(12-15-7-9-19-22(15)16)11-14-5-3-4-6-17(14)18/h3-7,9,16H,8,10-13H2,1-2H3/t16-/m0/s1. The maximum Gasteiger partial charge on any atom is 0.127 e. The normalized spacial score (nSPS) is 18.6. The Bertz CT molecular complexity index is 623. The lowest BCUT2D eigenvalue weighted by Gasteiger charge is -2.34. The predicted octanol–water partition coefficient (Wildman–Crippen LogP) is 2.53. The molecule has 2 aromatic rings. The maximum absolute atomic E-state index is 13.9. The quantitative estimate of drug-likeness (QED) is 0.848. The van der Waals surface area contributed by atoms with Crippen LogP contribution in [0.25, 0.3) is 0 Å². The third-order valence-electron chi connectivity index (χ3n) is 4.21. The number of fused-ring (bicyclic) bond motifs is 1. The molecule has 0 spiro atoms. The predicted molar refractivity (Wildman–Crippen MR) is 84.9 cm³/mol. The van der Waals surface area contributed by atoms with E-state index < -0.39 is 0 Å². The SMILES string of the molecule is CN(C)CC[C@H]1CN(Cc2ccccc2F)Cc2ccnn21. The van der Waals surface area contributed by atoms with Crippen molar-refractivity contribution in [3.63, 3.8) is 0 Å². The monoisotopic (exact) mass is 302 g/mol. The summed E-state index contributed by atoms with van der Waals surface area (Å²) in [5.41, 5.74) is 1.98. The molecule has 0 amide bonds. The number of nitrogens with zero attached hydrogens (tertiary/aromatic N) is 4. The van der Waals surface area contributed by atoms with Crippen LogP contribution < -0.4 is 0 Å². The Morgan fingerprint density at radius 1 is 1.27 bits per heavy atom. The van der Waals surface area contributed by atoms with Gasteiger partial charge in [0.2, 0.25) is 0 Å². The molecule has 0 aliphatic carbocycles. The smallest absolute Gasteiger partial charge is 0.127 e. The summed E-state index contributed by atoms with van der Waals surface area (Å²) < 4.78 is 16.0. The van der Waals surface area contributed by atoms with Crippen LogP contribution >= 0.6 is 0 Å². The fraction of sp³-hybridized carbons (Fsp3) is 0.471. The fourth-order valence-corrected chi connectivity index (χ4v) is 3.07. The van der Waals surface area contributed by atoms with Gasteiger partial charge in [-0.15, -0.1) is 0 Å². The third kappa shape index (κ3) is 3.36. The summed E-state index contributed by atoms with van der Waals surface area (Å²) in [5, 5.41) is 4.47. The van der Waals surface area contributed by atoms with E-state index in [-0.39, 0.29) is 5.82 Å². The molecule has 0 unspecified atom stereocenters. The first kappa shape index (κ1) is 15.2. The van der Waals surface area contributed by atoms with E-state index in [1.165, 1.54) is 11.8 Å². The average molecular weight is 302 g/mol. The van der Waals surface area contributed by atoms with E-state index in [0.29, 0.717) is 12.6 Å². The van der Waals surface area contributed by atoms with Gasteiger partial charge < -0.3 is 4.90 Å². The highest BCUT2D eigenvalue weighted by molar-refractivity contribution is 5.17. The van der Waals surface area contributed by atoms with Gasteiger partial charge in [0.05, 0.1) is 11.7 Å². The molecule has 1 atom stereocenters. The van der Waals surface area contributed by atoms with Crippen molar-refractivity contribution in [3.8, 4) is 0 Å². The van der Waals surface area contributed by atoms with Gasteiger partial charge >= 0.3 is 0 Å². The second kappa shape index (κ2) is 6.58. The van der Waals surface area contributed by atoms with Crippen LogP contribution in [0, 0.1) is 5.82 Å². The Morgan fingerprint density at radius 2 is 2.09 bits per heavy atom. The lowest BCUT2D eigenvalue weighted by Crippen LogP contribution is -2.38. The van der Waals surface area contributed by atoms with Crippen molar-refractivity contribution in [2.45, 2.75) is 25.6 Å². The van der Waals surface area contributed by atoms with E-state index >= 15 is 0 Å². The van der Waals surface area contributed by atoms with Gasteiger partial charge in [-0.25, -0.2) is 4.39 Å². The molecule has 0 saturated heterocycles. The van der Waals surface area contributed by atoms with Crippen molar-refractivity contribution in [1.29, 1.82) is 0 Å². The van der Waals surface area contributed by atoms with E-state index in [2.05, 4.69) is 39.7 Å². The van der Waals surface area contributed by atoms with E-state index in [9.17, 15) is 4.39 Å². The van der Waals surface area contributed by atoms with E-state index in [1.54, 1.807) is 6.07 Å². The van der Waals surface area contributed by atoms with Gasteiger partial charge in [0.25, 0.3) is 0 Å². The lowest BCUT2D eigenvalue weighted by molar-refractivity contribution is 0.153. The molecule has 0 N–H and O–H groups in total. The molecule has 0 fully saturated rings. The average Bonchev–Trinajstić information content (AvgIpc) is 2.95. The molecule has 5 heteroatoms. The zero-order valence-corrected chi connectivity index (χ0v) is 13.2. The number of aromatic nitrogens is 2. The topological polar surface area (TPSA) is 24.3 Å². The number of benzene rings is 1. The molecule has 22 heavy (non-hydrogen) atoms. The Balaban J connectivity index is 1.74. The maximum atomic E-state index is 13.9. The summed E-state index contributed by atoms with van der Waals surface area (Å²) >= 11 is 0. The molecule has 1 aromatic heterocycles. The number of rotatable bonds is 5. The van der Waals surface area contributed by atoms with Crippen molar-refractivity contribution in [2.75, 3.05) is 27.2 Å².